The number of fused-ring (bicyclic) bond motifs is 1. The van der Waals surface area contributed by atoms with E-state index in [9.17, 15) is 22.8 Å². The smallest absolute Gasteiger partial charge is 0.245 e. The third-order valence-electron chi connectivity index (χ3n) is 11.7. The first-order valence-electron chi connectivity index (χ1n) is 18.7. The van der Waals surface area contributed by atoms with Crippen LogP contribution in [0.5, 0.6) is 0 Å². The molecule has 5 atom stereocenters. The van der Waals surface area contributed by atoms with E-state index in [2.05, 4.69) is 24.6 Å². The summed E-state index contributed by atoms with van der Waals surface area (Å²) in [5.74, 6) is -0.215. The van der Waals surface area contributed by atoms with Crippen LogP contribution in [0.4, 0.5) is 5.69 Å². The summed E-state index contributed by atoms with van der Waals surface area (Å²) >= 11 is 1.35. The summed E-state index contributed by atoms with van der Waals surface area (Å²) in [6.07, 6.45) is 5.26. The lowest BCUT2D eigenvalue weighted by Gasteiger charge is -2.35. The molecule has 1 aromatic carbocycles. The average Bonchev–Trinajstić information content (AvgIpc) is 3.35. The van der Waals surface area contributed by atoms with Crippen molar-refractivity contribution in [1.29, 1.82) is 0 Å². The summed E-state index contributed by atoms with van der Waals surface area (Å²) in [7, 11) is -3.65. The number of nitrogens with one attached hydrogen (secondary N) is 2. The largest absolute Gasteiger partial charge is 0.350 e. The van der Waals surface area contributed by atoms with Crippen molar-refractivity contribution in [3.05, 3.63) is 41.3 Å². The molecule has 13 heteroatoms. The number of thiophene rings is 1. The summed E-state index contributed by atoms with van der Waals surface area (Å²) in [6, 6.07) is 11.1. The number of anilines is 1. The monoisotopic (exact) mass is 757 g/mol. The van der Waals surface area contributed by atoms with E-state index in [1.54, 1.807) is 5.06 Å². The molecular weight excluding hydrogens is 703 g/mol. The number of Topliss-reactive ketones (excluding diaryl/α,β-unsaturated/α-hetero) is 1. The maximum atomic E-state index is 13.7. The number of ketones is 1. The van der Waals surface area contributed by atoms with Crippen LogP contribution >= 0.6 is 11.3 Å². The molecule has 52 heavy (non-hydrogen) atoms. The van der Waals surface area contributed by atoms with E-state index in [-0.39, 0.29) is 47.7 Å². The summed E-state index contributed by atoms with van der Waals surface area (Å²) in [5.41, 5.74) is 2.60. The Labute approximate surface area is 312 Å². The Hall–Kier alpha value is -2.68. The SMILES string of the molecule is CC1CCC2C(C)(C)C2(CN(CC(=O)Nc2cccc(-c3ccc([C@@]4(CC(=O)NOC5CCCCO5)CCCCS4(=O)=O)s3)c2)OC(C)(C)C)C1=O. The van der Waals surface area contributed by atoms with Gasteiger partial charge < -0.3 is 10.1 Å². The molecule has 3 heterocycles. The lowest BCUT2D eigenvalue weighted by Crippen LogP contribution is -2.46. The van der Waals surface area contributed by atoms with Crippen molar-refractivity contribution in [3.8, 4) is 10.4 Å². The molecule has 11 nitrogen and oxygen atoms in total. The Morgan fingerprint density at radius 3 is 2.54 bits per heavy atom. The van der Waals surface area contributed by atoms with Crippen LogP contribution in [-0.2, 0) is 43.4 Å². The van der Waals surface area contributed by atoms with Crippen molar-refractivity contribution in [1.82, 2.24) is 10.5 Å². The number of benzene rings is 1. The number of carbonyl (C=O) groups is 3. The highest BCUT2D eigenvalue weighted by molar-refractivity contribution is 7.92. The first-order chi connectivity index (χ1) is 24.5. The summed E-state index contributed by atoms with van der Waals surface area (Å²) in [4.78, 5) is 53.6. The van der Waals surface area contributed by atoms with E-state index in [1.807, 2.05) is 64.1 Å². The minimum Gasteiger partial charge on any atom is -0.350 e. The number of nitrogens with zero attached hydrogens (tertiary/aromatic N) is 1. The van der Waals surface area contributed by atoms with Crippen molar-refractivity contribution in [3.63, 3.8) is 0 Å². The molecule has 2 saturated carbocycles. The van der Waals surface area contributed by atoms with Gasteiger partial charge in [0.15, 0.2) is 16.1 Å². The summed E-state index contributed by atoms with van der Waals surface area (Å²) < 4.78 is 31.7. The standard InChI is InChI=1S/C39H55N3O8S2/c1-26-15-17-30-37(5,6)39(30,35(26)45)25-42(50-36(2,3)4)24-33(44)40-28-13-11-12-27(22-28)29-16-18-31(51-29)38(19-8-10-21-52(38,46)47)23-32(43)41-49-34-14-7-9-20-48-34/h11-13,16,18,22,26,30,34H,7-10,14-15,17,19-21,23-25H2,1-6H3,(H,40,44)(H,41,43)/t26?,30?,34?,38-,39?/m0/s1. The molecule has 286 valence electrons. The van der Waals surface area contributed by atoms with Crippen molar-refractivity contribution in [2.24, 2.45) is 22.7 Å². The highest BCUT2D eigenvalue weighted by Crippen LogP contribution is 2.74. The number of carbonyl (C=O) groups excluding carboxylic acids is 3. The molecule has 0 radical (unpaired) electrons. The third kappa shape index (κ3) is 7.77. The predicted molar refractivity (Wildman–Crippen MR) is 201 cm³/mol. The van der Waals surface area contributed by atoms with Gasteiger partial charge in [0.1, 0.15) is 17.1 Å². The lowest BCUT2D eigenvalue weighted by atomic mass is 9.79. The molecule has 2 aliphatic heterocycles. The van der Waals surface area contributed by atoms with Crippen LogP contribution in [0.2, 0.25) is 0 Å². The van der Waals surface area contributed by atoms with Gasteiger partial charge in [-0.05, 0) is 100 Å². The van der Waals surface area contributed by atoms with Crippen molar-refractivity contribution in [2.45, 2.75) is 116 Å². The average molecular weight is 758 g/mol. The molecule has 6 rings (SSSR count). The number of amides is 2. The first-order valence-corrected chi connectivity index (χ1v) is 21.2. The zero-order valence-corrected chi connectivity index (χ0v) is 33.1. The maximum absolute atomic E-state index is 13.7. The van der Waals surface area contributed by atoms with Gasteiger partial charge in [0.05, 0.1) is 23.2 Å². The number of sulfone groups is 1. The fourth-order valence-corrected chi connectivity index (χ4v) is 12.7. The second kappa shape index (κ2) is 14.9. The molecular formula is C39H55N3O8S2. The number of hydrogen-bond donors (Lipinski definition) is 2. The van der Waals surface area contributed by atoms with Crippen LogP contribution in [0.3, 0.4) is 0 Å². The molecule has 0 spiro atoms. The summed E-state index contributed by atoms with van der Waals surface area (Å²) in [6.45, 7) is 13.0. The molecule has 1 aromatic heterocycles. The van der Waals surface area contributed by atoms with E-state index in [0.29, 0.717) is 49.4 Å². The van der Waals surface area contributed by atoms with Gasteiger partial charge in [-0.15, -0.1) is 11.3 Å². The van der Waals surface area contributed by atoms with E-state index >= 15 is 0 Å². The number of hydroxylamine groups is 3. The van der Waals surface area contributed by atoms with Gasteiger partial charge in [0.25, 0.3) is 0 Å². The maximum Gasteiger partial charge on any atom is 0.245 e. The van der Waals surface area contributed by atoms with Crippen molar-refractivity contribution >= 4 is 44.5 Å². The zero-order chi connectivity index (χ0) is 37.5. The van der Waals surface area contributed by atoms with E-state index in [0.717, 1.165) is 36.1 Å². The fraction of sp³-hybridized carbons (Fsp3) is 0.667. The Bertz CT molecular complexity index is 1760. The number of rotatable bonds is 12. The Morgan fingerprint density at radius 1 is 1.04 bits per heavy atom. The summed E-state index contributed by atoms with van der Waals surface area (Å²) in [5, 5.41) is 4.69. The molecule has 4 unspecified atom stereocenters. The highest BCUT2D eigenvalue weighted by atomic mass is 32.2. The third-order valence-corrected chi connectivity index (χ3v) is 15.7. The zero-order valence-electron chi connectivity index (χ0n) is 31.4. The fourth-order valence-electron chi connectivity index (χ4n) is 8.92. The van der Waals surface area contributed by atoms with E-state index in [1.165, 1.54) is 11.3 Å². The molecule has 4 fully saturated rings. The Kier molecular flexibility index (Phi) is 11.2. The van der Waals surface area contributed by atoms with Gasteiger partial charge in [-0.3, -0.25) is 19.2 Å². The number of ether oxygens (including phenoxy) is 1. The van der Waals surface area contributed by atoms with Crippen LogP contribution in [0.1, 0.15) is 104 Å². The van der Waals surface area contributed by atoms with Gasteiger partial charge in [-0.2, -0.15) is 5.06 Å². The normalized spacial score (nSPS) is 29.7. The van der Waals surface area contributed by atoms with E-state index < -0.39 is 37.8 Å². The van der Waals surface area contributed by atoms with Crippen LogP contribution in [0.25, 0.3) is 10.4 Å². The van der Waals surface area contributed by atoms with Crippen LogP contribution in [-0.4, -0.2) is 68.4 Å². The topological polar surface area (TPSA) is 140 Å². The number of hydrogen-bond acceptors (Lipinski definition) is 10. The molecule has 2 aromatic rings. The Balaban J connectivity index is 1.16. The minimum absolute atomic E-state index is 0.00976. The van der Waals surface area contributed by atoms with Crippen LogP contribution in [0, 0.1) is 22.7 Å². The second-order valence-electron chi connectivity index (χ2n) is 16.8. The first kappa shape index (κ1) is 39.0. The van der Waals surface area contributed by atoms with Crippen molar-refractivity contribution in [2.75, 3.05) is 30.8 Å². The molecule has 2 N–H and O–H groups in total. The lowest BCUT2D eigenvalue weighted by molar-refractivity contribution is -0.234. The van der Waals surface area contributed by atoms with Crippen LogP contribution < -0.4 is 10.8 Å². The second-order valence-corrected chi connectivity index (χ2v) is 20.3. The highest BCUT2D eigenvalue weighted by Gasteiger charge is 2.76. The Morgan fingerprint density at radius 2 is 1.83 bits per heavy atom. The molecule has 2 saturated heterocycles. The quantitative estimate of drug-likeness (QED) is 0.224. The van der Waals surface area contributed by atoms with Gasteiger partial charge >= 0.3 is 0 Å². The molecule has 4 aliphatic rings. The van der Waals surface area contributed by atoms with Crippen LogP contribution in [0.15, 0.2) is 36.4 Å². The van der Waals surface area contributed by atoms with Gasteiger partial charge in [-0.1, -0.05) is 39.3 Å². The molecule has 2 amide bonds. The van der Waals surface area contributed by atoms with Gasteiger partial charge in [0.2, 0.25) is 11.8 Å². The minimum atomic E-state index is -3.65. The van der Waals surface area contributed by atoms with Crippen molar-refractivity contribution < 1.29 is 37.2 Å². The predicted octanol–water partition coefficient (Wildman–Crippen LogP) is 6.79. The molecule has 0 bridgehead atoms. The molecule has 2 aliphatic carbocycles. The van der Waals surface area contributed by atoms with Gasteiger partial charge in [0, 0.05) is 40.9 Å². The van der Waals surface area contributed by atoms with E-state index in [4.69, 9.17) is 14.4 Å². The van der Waals surface area contributed by atoms with Gasteiger partial charge in [-0.25, -0.2) is 18.7 Å².